The van der Waals surface area contributed by atoms with Crippen LogP contribution in [-0.2, 0) is 6.42 Å². The first kappa shape index (κ1) is 14.8. The van der Waals surface area contributed by atoms with Crippen LogP contribution in [-0.4, -0.2) is 23.6 Å². The van der Waals surface area contributed by atoms with Crippen molar-refractivity contribution < 1.29 is 0 Å². The topological polar surface area (TPSA) is 64.8 Å². The van der Waals surface area contributed by atoms with E-state index in [1.54, 1.807) is 6.33 Å². The summed E-state index contributed by atoms with van der Waals surface area (Å²) in [7, 11) is 1.92. The van der Waals surface area contributed by atoms with E-state index in [0.717, 1.165) is 35.9 Å². The van der Waals surface area contributed by atoms with Crippen molar-refractivity contribution in [1.29, 1.82) is 5.26 Å². The lowest BCUT2D eigenvalue weighted by atomic mass is 10.1. The maximum atomic E-state index is 9.26. The molecule has 1 aromatic heterocycles. The van der Waals surface area contributed by atoms with E-state index in [-0.39, 0.29) is 0 Å². The molecule has 1 N–H and O–H groups in total. The number of rotatable bonds is 5. The number of nitrogens with one attached hydrogen (secondary N) is 1. The van der Waals surface area contributed by atoms with Gasteiger partial charge in [-0.3, -0.25) is 0 Å². The van der Waals surface area contributed by atoms with Crippen LogP contribution in [0.15, 0.2) is 30.6 Å². The Hall–Kier alpha value is -2.61. The van der Waals surface area contributed by atoms with E-state index in [9.17, 15) is 5.26 Å². The first-order chi connectivity index (χ1) is 10.2. The second-order valence-corrected chi connectivity index (χ2v) is 4.60. The number of nitriles is 1. The second kappa shape index (κ2) is 6.71. The zero-order valence-corrected chi connectivity index (χ0v) is 12.6. The van der Waals surface area contributed by atoms with Gasteiger partial charge in [0, 0.05) is 19.2 Å². The maximum Gasteiger partial charge on any atom is 0.141 e. The second-order valence-electron chi connectivity index (χ2n) is 4.60. The van der Waals surface area contributed by atoms with Crippen molar-refractivity contribution in [2.45, 2.75) is 20.3 Å². The third kappa shape index (κ3) is 2.95. The van der Waals surface area contributed by atoms with Gasteiger partial charge in [-0.2, -0.15) is 5.26 Å². The average molecular weight is 281 g/mol. The van der Waals surface area contributed by atoms with Gasteiger partial charge in [0.2, 0.25) is 0 Å². The van der Waals surface area contributed by atoms with Crippen LogP contribution in [0, 0.1) is 11.3 Å². The van der Waals surface area contributed by atoms with Crippen molar-refractivity contribution >= 4 is 17.3 Å². The first-order valence-corrected chi connectivity index (χ1v) is 7.03. The van der Waals surface area contributed by atoms with E-state index in [0.29, 0.717) is 5.56 Å². The molecule has 0 aliphatic carbocycles. The van der Waals surface area contributed by atoms with Crippen LogP contribution in [0.4, 0.5) is 17.3 Å². The zero-order valence-electron chi connectivity index (χ0n) is 12.6. The molecule has 0 saturated carbocycles. The highest BCUT2D eigenvalue weighted by molar-refractivity contribution is 5.71. The van der Waals surface area contributed by atoms with Crippen LogP contribution in [0.2, 0.25) is 0 Å². The van der Waals surface area contributed by atoms with Crippen LogP contribution in [0.5, 0.6) is 0 Å². The van der Waals surface area contributed by atoms with Crippen molar-refractivity contribution in [3.63, 3.8) is 0 Å². The summed E-state index contributed by atoms with van der Waals surface area (Å²) in [5.41, 5.74) is 2.52. The Morgan fingerprint density at radius 3 is 2.67 bits per heavy atom. The van der Waals surface area contributed by atoms with E-state index < -0.39 is 0 Å². The van der Waals surface area contributed by atoms with E-state index in [1.807, 2.05) is 43.1 Å². The molecular formula is C16H19N5. The van der Waals surface area contributed by atoms with E-state index in [2.05, 4.69) is 28.3 Å². The molecule has 5 heteroatoms. The van der Waals surface area contributed by atoms with Gasteiger partial charge in [-0.25, -0.2) is 9.97 Å². The summed E-state index contributed by atoms with van der Waals surface area (Å²) < 4.78 is 0. The lowest BCUT2D eigenvalue weighted by Crippen LogP contribution is -2.17. The van der Waals surface area contributed by atoms with Crippen LogP contribution in [0.25, 0.3) is 0 Å². The molecular weight excluding hydrogens is 262 g/mol. The normalized spacial score (nSPS) is 10.0. The molecule has 0 unspecified atom stereocenters. The summed E-state index contributed by atoms with van der Waals surface area (Å²) in [6.45, 7) is 4.92. The lowest BCUT2D eigenvalue weighted by molar-refractivity contribution is 0.988. The largest absolute Gasteiger partial charge is 0.370 e. The number of hydrogen-bond donors (Lipinski definition) is 1. The smallest absolute Gasteiger partial charge is 0.141 e. The van der Waals surface area contributed by atoms with Gasteiger partial charge >= 0.3 is 0 Å². The molecule has 0 radical (unpaired) electrons. The molecule has 108 valence electrons. The Bertz CT molecular complexity index is 660. The molecule has 21 heavy (non-hydrogen) atoms. The van der Waals surface area contributed by atoms with Gasteiger partial charge in [0.05, 0.1) is 11.3 Å². The lowest BCUT2D eigenvalue weighted by Gasteiger charge is -2.23. The molecule has 0 aliphatic rings. The molecule has 0 spiro atoms. The predicted octanol–water partition coefficient (Wildman–Crippen LogP) is 3.11. The fourth-order valence-electron chi connectivity index (χ4n) is 2.31. The highest BCUT2D eigenvalue weighted by Gasteiger charge is 2.16. The van der Waals surface area contributed by atoms with Crippen LogP contribution in [0.3, 0.4) is 0 Å². The maximum absolute atomic E-state index is 9.26. The molecule has 1 aromatic carbocycles. The number of nitrogens with zero attached hydrogens (tertiary/aromatic N) is 4. The van der Waals surface area contributed by atoms with Crippen molar-refractivity contribution in [2.24, 2.45) is 0 Å². The van der Waals surface area contributed by atoms with Gasteiger partial charge in [-0.05, 0) is 25.5 Å². The number of anilines is 3. The molecule has 0 saturated heterocycles. The van der Waals surface area contributed by atoms with E-state index >= 15 is 0 Å². The van der Waals surface area contributed by atoms with E-state index in [1.165, 1.54) is 0 Å². The van der Waals surface area contributed by atoms with Crippen molar-refractivity contribution in [3.05, 3.63) is 41.7 Å². The quantitative estimate of drug-likeness (QED) is 0.912. The van der Waals surface area contributed by atoms with Crippen molar-refractivity contribution in [3.8, 4) is 6.07 Å². The van der Waals surface area contributed by atoms with Gasteiger partial charge in [0.15, 0.2) is 0 Å². The number of aromatic nitrogens is 2. The van der Waals surface area contributed by atoms with Crippen LogP contribution >= 0.6 is 0 Å². The molecule has 0 aliphatic heterocycles. The van der Waals surface area contributed by atoms with Gasteiger partial charge in [0.25, 0.3) is 0 Å². The monoisotopic (exact) mass is 281 g/mol. The molecule has 5 nitrogen and oxygen atoms in total. The summed E-state index contributed by atoms with van der Waals surface area (Å²) in [5, 5.41) is 12.5. The Morgan fingerprint density at radius 1 is 1.24 bits per heavy atom. The summed E-state index contributed by atoms with van der Waals surface area (Å²) >= 11 is 0. The predicted molar refractivity (Wildman–Crippen MR) is 84.8 cm³/mol. The van der Waals surface area contributed by atoms with Crippen LogP contribution < -0.4 is 10.2 Å². The first-order valence-electron chi connectivity index (χ1n) is 7.03. The zero-order chi connectivity index (χ0) is 15.2. The number of benzene rings is 1. The SMILES string of the molecule is CCNc1ncnc(N(C)c2ccccc2C#N)c1CC. The fourth-order valence-corrected chi connectivity index (χ4v) is 2.31. The van der Waals surface area contributed by atoms with Crippen LogP contribution in [0.1, 0.15) is 25.0 Å². The molecule has 2 aromatic rings. The van der Waals surface area contributed by atoms with Gasteiger partial charge in [0.1, 0.15) is 24.0 Å². The van der Waals surface area contributed by atoms with Crippen molar-refractivity contribution in [1.82, 2.24) is 9.97 Å². The fraction of sp³-hybridized carbons (Fsp3) is 0.312. The number of hydrogen-bond acceptors (Lipinski definition) is 5. The summed E-state index contributed by atoms with van der Waals surface area (Å²) in [4.78, 5) is 10.7. The third-order valence-corrected chi connectivity index (χ3v) is 3.32. The van der Waals surface area contributed by atoms with Gasteiger partial charge in [-0.1, -0.05) is 19.1 Å². The minimum Gasteiger partial charge on any atom is -0.370 e. The molecule has 0 fully saturated rings. The summed E-state index contributed by atoms with van der Waals surface area (Å²) in [5.74, 6) is 1.68. The summed E-state index contributed by atoms with van der Waals surface area (Å²) in [6, 6.07) is 9.74. The molecule has 0 bridgehead atoms. The van der Waals surface area contributed by atoms with Crippen molar-refractivity contribution in [2.75, 3.05) is 23.8 Å². The Kier molecular flexibility index (Phi) is 4.72. The molecule has 2 rings (SSSR count). The molecule has 1 heterocycles. The minimum atomic E-state index is 0.630. The standard InChI is InChI=1S/C16H19N5/c1-4-13-15(18-5-2)19-11-20-16(13)21(3)14-9-7-6-8-12(14)10-17/h6-9,11H,4-5H2,1-3H3,(H,18,19,20). The highest BCUT2D eigenvalue weighted by Crippen LogP contribution is 2.30. The van der Waals surface area contributed by atoms with Gasteiger partial charge in [-0.15, -0.1) is 0 Å². The summed E-state index contributed by atoms with van der Waals surface area (Å²) in [6.07, 6.45) is 2.37. The third-order valence-electron chi connectivity index (χ3n) is 3.32. The molecule has 0 atom stereocenters. The van der Waals surface area contributed by atoms with Gasteiger partial charge < -0.3 is 10.2 Å². The average Bonchev–Trinajstić information content (AvgIpc) is 2.54. The molecule has 0 amide bonds. The minimum absolute atomic E-state index is 0.630. The highest BCUT2D eigenvalue weighted by atomic mass is 15.2. The Morgan fingerprint density at radius 2 is 2.00 bits per heavy atom. The Balaban J connectivity index is 2.51. The Labute approximate surface area is 125 Å². The number of para-hydroxylation sites is 1. The van der Waals surface area contributed by atoms with E-state index in [4.69, 9.17) is 0 Å².